The predicted molar refractivity (Wildman–Crippen MR) is 63.7 cm³/mol. The molecule has 90 valence electrons. The first kappa shape index (κ1) is 13.1. The third-order valence-electron chi connectivity index (χ3n) is 2.76. The van der Waals surface area contributed by atoms with Gasteiger partial charge in [0.25, 0.3) is 0 Å². The van der Waals surface area contributed by atoms with Crippen LogP contribution in [0.4, 0.5) is 4.39 Å². The number of aliphatic hydroxyl groups is 1. The lowest BCUT2D eigenvalue weighted by molar-refractivity contribution is 0.0274. The molecule has 0 bridgehead atoms. The predicted octanol–water partition coefficient (Wildman–Crippen LogP) is 2.42. The minimum absolute atomic E-state index is 0.268. The standard InChI is InChI=1S/C13H20FNO/c1-4-13(16,9-15-10(2)3)11-7-5-6-8-12(11)14/h5-8,10,15-16H,4,9H2,1-3H3. The van der Waals surface area contributed by atoms with E-state index in [1.54, 1.807) is 18.2 Å². The number of rotatable bonds is 5. The van der Waals surface area contributed by atoms with Gasteiger partial charge in [-0.25, -0.2) is 4.39 Å². The van der Waals surface area contributed by atoms with Crippen molar-refractivity contribution in [2.45, 2.75) is 38.8 Å². The fourth-order valence-electron chi connectivity index (χ4n) is 1.62. The van der Waals surface area contributed by atoms with Crippen molar-refractivity contribution >= 4 is 0 Å². The van der Waals surface area contributed by atoms with Crippen LogP contribution >= 0.6 is 0 Å². The summed E-state index contributed by atoms with van der Waals surface area (Å²) in [5.74, 6) is -0.350. The van der Waals surface area contributed by atoms with Gasteiger partial charge in [-0.05, 0) is 12.5 Å². The number of halogens is 1. The molecule has 0 amide bonds. The highest BCUT2D eigenvalue weighted by atomic mass is 19.1. The van der Waals surface area contributed by atoms with Gasteiger partial charge in [0.05, 0.1) is 0 Å². The molecule has 0 aliphatic rings. The Morgan fingerprint density at radius 1 is 1.38 bits per heavy atom. The van der Waals surface area contributed by atoms with E-state index < -0.39 is 5.60 Å². The van der Waals surface area contributed by atoms with Crippen molar-refractivity contribution in [3.8, 4) is 0 Å². The van der Waals surface area contributed by atoms with Crippen LogP contribution in [0.1, 0.15) is 32.8 Å². The average Bonchev–Trinajstić information content (AvgIpc) is 2.26. The summed E-state index contributed by atoms with van der Waals surface area (Å²) in [6.45, 7) is 6.21. The van der Waals surface area contributed by atoms with Crippen LogP contribution in [-0.4, -0.2) is 17.7 Å². The van der Waals surface area contributed by atoms with Gasteiger partial charge in [0.1, 0.15) is 11.4 Å². The van der Waals surface area contributed by atoms with Crippen LogP contribution < -0.4 is 5.32 Å². The van der Waals surface area contributed by atoms with E-state index in [0.29, 0.717) is 18.5 Å². The highest BCUT2D eigenvalue weighted by molar-refractivity contribution is 5.24. The fraction of sp³-hybridized carbons (Fsp3) is 0.538. The first-order chi connectivity index (χ1) is 7.49. The zero-order valence-electron chi connectivity index (χ0n) is 10.1. The number of hydrogen-bond acceptors (Lipinski definition) is 2. The van der Waals surface area contributed by atoms with Gasteiger partial charge in [-0.3, -0.25) is 0 Å². The van der Waals surface area contributed by atoms with E-state index in [4.69, 9.17) is 0 Å². The van der Waals surface area contributed by atoms with Gasteiger partial charge in [0, 0.05) is 18.2 Å². The van der Waals surface area contributed by atoms with Crippen LogP contribution in [0.25, 0.3) is 0 Å². The highest BCUT2D eigenvalue weighted by Crippen LogP contribution is 2.26. The molecule has 1 unspecified atom stereocenters. The molecule has 0 fully saturated rings. The first-order valence-electron chi connectivity index (χ1n) is 5.70. The zero-order valence-corrected chi connectivity index (χ0v) is 10.1. The normalized spacial score (nSPS) is 15.1. The average molecular weight is 225 g/mol. The molecule has 0 radical (unpaired) electrons. The Bertz CT molecular complexity index is 340. The topological polar surface area (TPSA) is 32.3 Å². The molecule has 0 saturated carbocycles. The molecule has 0 saturated heterocycles. The van der Waals surface area contributed by atoms with Crippen LogP contribution in [-0.2, 0) is 5.60 Å². The van der Waals surface area contributed by atoms with Crippen LogP contribution in [0.15, 0.2) is 24.3 Å². The van der Waals surface area contributed by atoms with Crippen molar-refractivity contribution in [2.24, 2.45) is 0 Å². The van der Waals surface area contributed by atoms with E-state index in [0.717, 1.165) is 0 Å². The molecule has 1 aromatic rings. The number of nitrogens with one attached hydrogen (secondary N) is 1. The second-order valence-corrected chi connectivity index (χ2v) is 4.40. The Morgan fingerprint density at radius 3 is 2.50 bits per heavy atom. The Hall–Kier alpha value is -0.930. The molecule has 0 aliphatic carbocycles. The molecule has 16 heavy (non-hydrogen) atoms. The molecule has 1 atom stereocenters. The molecule has 0 aliphatic heterocycles. The molecule has 0 spiro atoms. The molecular formula is C13H20FNO. The van der Waals surface area contributed by atoms with E-state index in [1.807, 2.05) is 20.8 Å². The summed E-state index contributed by atoms with van der Waals surface area (Å²) in [6, 6.07) is 6.66. The van der Waals surface area contributed by atoms with Crippen LogP contribution in [0.2, 0.25) is 0 Å². The van der Waals surface area contributed by atoms with Crippen molar-refractivity contribution in [3.63, 3.8) is 0 Å². The van der Waals surface area contributed by atoms with Gasteiger partial charge in [-0.1, -0.05) is 39.0 Å². The lowest BCUT2D eigenvalue weighted by Gasteiger charge is -2.29. The van der Waals surface area contributed by atoms with E-state index in [9.17, 15) is 9.50 Å². The molecule has 1 aromatic carbocycles. The summed E-state index contributed by atoms with van der Waals surface area (Å²) in [5, 5.41) is 13.6. The number of hydrogen-bond donors (Lipinski definition) is 2. The minimum atomic E-state index is -1.13. The Balaban J connectivity index is 2.91. The summed E-state index contributed by atoms with van der Waals surface area (Å²) >= 11 is 0. The maximum atomic E-state index is 13.6. The largest absolute Gasteiger partial charge is 0.384 e. The molecule has 0 aromatic heterocycles. The third kappa shape index (κ3) is 3.03. The van der Waals surface area contributed by atoms with E-state index in [-0.39, 0.29) is 11.9 Å². The summed E-state index contributed by atoms with van der Waals surface area (Å²) in [5.41, 5.74) is -0.763. The summed E-state index contributed by atoms with van der Waals surface area (Å²) in [7, 11) is 0. The molecular weight excluding hydrogens is 205 g/mol. The van der Waals surface area contributed by atoms with Crippen LogP contribution in [0.3, 0.4) is 0 Å². The van der Waals surface area contributed by atoms with E-state index >= 15 is 0 Å². The SMILES string of the molecule is CCC(O)(CNC(C)C)c1ccccc1F. The Kier molecular flexibility index (Phi) is 4.44. The Morgan fingerprint density at radius 2 is 2.00 bits per heavy atom. The lowest BCUT2D eigenvalue weighted by atomic mass is 9.90. The zero-order chi connectivity index (χ0) is 12.2. The molecule has 3 heteroatoms. The van der Waals surface area contributed by atoms with Crippen LogP contribution in [0, 0.1) is 5.82 Å². The van der Waals surface area contributed by atoms with Gasteiger partial charge in [-0.15, -0.1) is 0 Å². The number of benzene rings is 1. The van der Waals surface area contributed by atoms with Crippen LogP contribution in [0.5, 0.6) is 0 Å². The summed E-state index contributed by atoms with van der Waals surface area (Å²) < 4.78 is 13.6. The van der Waals surface area contributed by atoms with Crippen molar-refractivity contribution < 1.29 is 9.50 Å². The van der Waals surface area contributed by atoms with Crippen molar-refractivity contribution in [3.05, 3.63) is 35.6 Å². The summed E-state index contributed by atoms with van der Waals surface area (Å²) in [4.78, 5) is 0. The van der Waals surface area contributed by atoms with Crippen molar-refractivity contribution in [1.82, 2.24) is 5.32 Å². The smallest absolute Gasteiger partial charge is 0.129 e. The first-order valence-corrected chi connectivity index (χ1v) is 5.70. The van der Waals surface area contributed by atoms with Gasteiger partial charge >= 0.3 is 0 Å². The second-order valence-electron chi connectivity index (χ2n) is 4.40. The molecule has 2 N–H and O–H groups in total. The second kappa shape index (κ2) is 5.41. The Labute approximate surface area is 96.5 Å². The highest BCUT2D eigenvalue weighted by Gasteiger charge is 2.29. The third-order valence-corrected chi connectivity index (χ3v) is 2.76. The van der Waals surface area contributed by atoms with Gasteiger partial charge in [0.2, 0.25) is 0 Å². The monoisotopic (exact) mass is 225 g/mol. The molecule has 2 nitrogen and oxygen atoms in total. The molecule has 1 rings (SSSR count). The quantitative estimate of drug-likeness (QED) is 0.806. The van der Waals surface area contributed by atoms with Crippen molar-refractivity contribution in [1.29, 1.82) is 0 Å². The van der Waals surface area contributed by atoms with E-state index in [2.05, 4.69) is 5.32 Å². The van der Waals surface area contributed by atoms with Gasteiger partial charge in [0.15, 0.2) is 0 Å². The maximum Gasteiger partial charge on any atom is 0.129 e. The lowest BCUT2D eigenvalue weighted by Crippen LogP contribution is -2.41. The fourth-order valence-corrected chi connectivity index (χ4v) is 1.62. The maximum absolute atomic E-state index is 13.6. The minimum Gasteiger partial charge on any atom is -0.384 e. The summed E-state index contributed by atoms with van der Waals surface area (Å²) in [6.07, 6.45) is 0.480. The van der Waals surface area contributed by atoms with Gasteiger partial charge in [-0.2, -0.15) is 0 Å². The van der Waals surface area contributed by atoms with Gasteiger partial charge < -0.3 is 10.4 Å². The van der Waals surface area contributed by atoms with E-state index in [1.165, 1.54) is 6.07 Å². The van der Waals surface area contributed by atoms with Crippen molar-refractivity contribution in [2.75, 3.05) is 6.54 Å². The molecule has 0 heterocycles.